The Morgan fingerprint density at radius 1 is 1.35 bits per heavy atom. The van der Waals surface area contributed by atoms with Crippen LogP contribution in [0.2, 0.25) is 0 Å². The molecule has 2 atom stereocenters. The highest BCUT2D eigenvalue weighted by atomic mass is 16.4. The van der Waals surface area contributed by atoms with Crippen LogP contribution in [0.4, 0.5) is 0 Å². The lowest BCUT2D eigenvalue weighted by atomic mass is 9.99. The largest absolute Gasteiger partial charge is 0.478 e. The summed E-state index contributed by atoms with van der Waals surface area (Å²) < 4.78 is 0. The van der Waals surface area contributed by atoms with E-state index in [0.717, 1.165) is 17.5 Å². The lowest BCUT2D eigenvalue weighted by Gasteiger charge is -2.23. The second kappa shape index (κ2) is 5.63. The highest BCUT2D eigenvalue weighted by Gasteiger charge is 2.29. The highest BCUT2D eigenvalue weighted by molar-refractivity contribution is 5.88. The molecule has 0 radical (unpaired) electrons. The molecular formula is C15H20N2O3. The second-order valence-electron chi connectivity index (χ2n) is 5.39. The van der Waals surface area contributed by atoms with Crippen molar-refractivity contribution in [2.24, 2.45) is 11.7 Å². The highest BCUT2D eigenvalue weighted by Crippen LogP contribution is 2.25. The number of benzene rings is 1. The Morgan fingerprint density at radius 3 is 2.60 bits per heavy atom. The molecular weight excluding hydrogens is 256 g/mol. The van der Waals surface area contributed by atoms with Crippen molar-refractivity contribution in [1.82, 2.24) is 4.90 Å². The van der Waals surface area contributed by atoms with E-state index >= 15 is 0 Å². The van der Waals surface area contributed by atoms with Gasteiger partial charge in [0.2, 0.25) is 5.91 Å². The summed E-state index contributed by atoms with van der Waals surface area (Å²) in [7, 11) is 0. The van der Waals surface area contributed by atoms with Crippen molar-refractivity contribution in [3.8, 4) is 0 Å². The molecule has 1 aromatic carbocycles. The lowest BCUT2D eigenvalue weighted by molar-refractivity contribution is -0.134. The topological polar surface area (TPSA) is 83.6 Å². The minimum Gasteiger partial charge on any atom is -0.478 e. The molecule has 0 saturated heterocycles. The van der Waals surface area contributed by atoms with Crippen LogP contribution < -0.4 is 5.73 Å². The quantitative estimate of drug-likeness (QED) is 0.875. The summed E-state index contributed by atoms with van der Waals surface area (Å²) >= 11 is 0. The van der Waals surface area contributed by atoms with Crippen molar-refractivity contribution >= 4 is 11.9 Å². The molecule has 1 heterocycles. The first-order valence-electron chi connectivity index (χ1n) is 6.83. The number of amides is 1. The molecule has 108 valence electrons. The third-order valence-corrected chi connectivity index (χ3v) is 4.03. The number of carboxylic acid groups (broad SMARTS) is 1. The molecule has 20 heavy (non-hydrogen) atoms. The van der Waals surface area contributed by atoms with E-state index in [1.165, 1.54) is 0 Å². The van der Waals surface area contributed by atoms with Crippen LogP contribution in [-0.2, 0) is 17.9 Å². The van der Waals surface area contributed by atoms with Crippen LogP contribution in [0.1, 0.15) is 41.8 Å². The van der Waals surface area contributed by atoms with Crippen molar-refractivity contribution in [2.75, 3.05) is 0 Å². The minimum atomic E-state index is -0.950. The third-order valence-electron chi connectivity index (χ3n) is 4.03. The van der Waals surface area contributed by atoms with E-state index in [0.29, 0.717) is 13.1 Å². The first-order valence-corrected chi connectivity index (χ1v) is 6.83. The van der Waals surface area contributed by atoms with E-state index in [-0.39, 0.29) is 17.4 Å². The summed E-state index contributed by atoms with van der Waals surface area (Å²) in [5.41, 5.74) is 8.13. The van der Waals surface area contributed by atoms with Gasteiger partial charge >= 0.3 is 5.97 Å². The van der Waals surface area contributed by atoms with Gasteiger partial charge in [-0.15, -0.1) is 0 Å². The zero-order chi connectivity index (χ0) is 14.9. The zero-order valence-electron chi connectivity index (χ0n) is 11.8. The van der Waals surface area contributed by atoms with Gasteiger partial charge in [0.15, 0.2) is 0 Å². The van der Waals surface area contributed by atoms with Crippen LogP contribution in [-0.4, -0.2) is 27.9 Å². The molecule has 1 amide bonds. The van der Waals surface area contributed by atoms with Crippen molar-refractivity contribution < 1.29 is 14.7 Å². The van der Waals surface area contributed by atoms with Gasteiger partial charge in [-0.1, -0.05) is 26.3 Å². The number of carbonyl (C=O) groups excluding carboxylic acids is 1. The number of hydrogen-bond acceptors (Lipinski definition) is 3. The summed E-state index contributed by atoms with van der Waals surface area (Å²) in [5.74, 6) is -0.873. The lowest BCUT2D eigenvalue weighted by Crippen LogP contribution is -2.44. The molecule has 1 aromatic rings. The van der Waals surface area contributed by atoms with Crippen LogP contribution >= 0.6 is 0 Å². The van der Waals surface area contributed by atoms with Crippen LogP contribution in [0.3, 0.4) is 0 Å². The fourth-order valence-electron chi connectivity index (χ4n) is 2.39. The number of fused-ring (bicyclic) bond motifs is 1. The number of nitrogens with two attached hydrogens (primary N) is 1. The predicted molar refractivity (Wildman–Crippen MR) is 75.1 cm³/mol. The van der Waals surface area contributed by atoms with Crippen LogP contribution in [0.25, 0.3) is 0 Å². The predicted octanol–water partition coefficient (Wildman–Crippen LogP) is 1.60. The molecule has 5 nitrogen and oxygen atoms in total. The van der Waals surface area contributed by atoms with Gasteiger partial charge in [0.05, 0.1) is 11.6 Å². The molecule has 3 N–H and O–H groups in total. The Morgan fingerprint density at radius 2 is 2.00 bits per heavy atom. The Bertz CT molecular complexity index is 542. The van der Waals surface area contributed by atoms with E-state index in [4.69, 9.17) is 10.8 Å². The fraction of sp³-hybridized carbons (Fsp3) is 0.467. The van der Waals surface area contributed by atoms with Crippen LogP contribution in [0.5, 0.6) is 0 Å². The first-order chi connectivity index (χ1) is 9.43. The number of carboxylic acids is 1. The van der Waals surface area contributed by atoms with Crippen LogP contribution in [0.15, 0.2) is 18.2 Å². The maximum Gasteiger partial charge on any atom is 0.335 e. The molecule has 0 fully saturated rings. The van der Waals surface area contributed by atoms with E-state index in [9.17, 15) is 9.59 Å². The van der Waals surface area contributed by atoms with E-state index in [1.54, 1.807) is 23.1 Å². The normalized spacial score (nSPS) is 16.6. The van der Waals surface area contributed by atoms with Gasteiger partial charge in [0, 0.05) is 13.1 Å². The van der Waals surface area contributed by atoms with Gasteiger partial charge < -0.3 is 15.7 Å². The van der Waals surface area contributed by atoms with Gasteiger partial charge in [-0.05, 0) is 29.2 Å². The number of nitrogens with zero attached hydrogens (tertiary/aromatic N) is 1. The molecule has 1 aliphatic heterocycles. The zero-order valence-corrected chi connectivity index (χ0v) is 11.8. The molecule has 2 rings (SSSR count). The maximum atomic E-state index is 12.3. The Kier molecular flexibility index (Phi) is 4.09. The van der Waals surface area contributed by atoms with Gasteiger partial charge in [0.1, 0.15) is 0 Å². The standard InChI is InChI=1S/C15H20N2O3/c1-3-9(2)13(16)14(18)17-7-11-5-4-10(15(19)20)6-12(11)8-17/h4-6,9,13H,3,7-8,16H2,1-2H3,(H,19,20)/t9?,13-/m0/s1. The fourth-order valence-corrected chi connectivity index (χ4v) is 2.39. The van der Waals surface area contributed by atoms with Crippen LogP contribution in [0, 0.1) is 5.92 Å². The third kappa shape index (κ3) is 2.67. The summed E-state index contributed by atoms with van der Waals surface area (Å²) in [5, 5.41) is 8.98. The van der Waals surface area contributed by atoms with Gasteiger partial charge in [-0.3, -0.25) is 4.79 Å². The van der Waals surface area contributed by atoms with Gasteiger partial charge in [-0.2, -0.15) is 0 Å². The van der Waals surface area contributed by atoms with E-state index in [2.05, 4.69) is 0 Å². The molecule has 1 unspecified atom stereocenters. The summed E-state index contributed by atoms with van der Waals surface area (Å²) in [6.07, 6.45) is 0.858. The number of hydrogen-bond donors (Lipinski definition) is 2. The van der Waals surface area contributed by atoms with Gasteiger partial charge in [-0.25, -0.2) is 4.79 Å². The number of rotatable bonds is 4. The summed E-state index contributed by atoms with van der Waals surface area (Å²) in [4.78, 5) is 25.0. The second-order valence-corrected chi connectivity index (χ2v) is 5.39. The maximum absolute atomic E-state index is 12.3. The Labute approximate surface area is 118 Å². The Balaban J connectivity index is 2.13. The summed E-state index contributed by atoms with van der Waals surface area (Å²) in [6.45, 7) is 4.93. The average Bonchev–Trinajstić information content (AvgIpc) is 2.87. The van der Waals surface area contributed by atoms with Crippen molar-refractivity contribution in [1.29, 1.82) is 0 Å². The number of aromatic carboxylic acids is 1. The van der Waals surface area contributed by atoms with Crippen molar-refractivity contribution in [3.63, 3.8) is 0 Å². The number of carbonyl (C=O) groups is 2. The first kappa shape index (κ1) is 14.5. The average molecular weight is 276 g/mol. The summed E-state index contributed by atoms with van der Waals surface area (Å²) in [6, 6.07) is 4.50. The van der Waals surface area contributed by atoms with Gasteiger partial charge in [0.25, 0.3) is 0 Å². The molecule has 1 aliphatic rings. The molecule has 0 saturated carbocycles. The van der Waals surface area contributed by atoms with Crippen molar-refractivity contribution in [3.05, 3.63) is 34.9 Å². The minimum absolute atomic E-state index is 0.0626. The molecule has 5 heteroatoms. The molecule has 0 bridgehead atoms. The van der Waals surface area contributed by atoms with Crippen molar-refractivity contribution in [2.45, 2.75) is 39.4 Å². The van der Waals surface area contributed by atoms with E-state index in [1.807, 2.05) is 13.8 Å². The molecule has 0 aromatic heterocycles. The Hall–Kier alpha value is -1.88. The SMILES string of the molecule is CCC(C)[C@H](N)C(=O)N1Cc2ccc(C(=O)O)cc2C1. The van der Waals surface area contributed by atoms with E-state index < -0.39 is 12.0 Å². The molecule has 0 spiro atoms. The smallest absolute Gasteiger partial charge is 0.335 e. The molecule has 0 aliphatic carbocycles. The monoisotopic (exact) mass is 276 g/mol.